The third-order valence-electron chi connectivity index (χ3n) is 4.29. The Labute approximate surface area is 148 Å². The van der Waals surface area contributed by atoms with Gasteiger partial charge in [0.05, 0.1) is 5.92 Å². The number of aliphatic carboxylic acids is 1. The van der Waals surface area contributed by atoms with E-state index in [0.29, 0.717) is 6.04 Å². The number of hydrogen-bond donors (Lipinski definition) is 2. The van der Waals surface area contributed by atoms with Crippen molar-refractivity contribution in [3.05, 3.63) is 39.8 Å². The van der Waals surface area contributed by atoms with Gasteiger partial charge >= 0.3 is 5.97 Å². The zero-order chi connectivity index (χ0) is 16.2. The average Bonchev–Trinajstić information content (AvgIpc) is 3.03. The number of benzene rings is 1. The summed E-state index contributed by atoms with van der Waals surface area (Å²) in [6, 6.07) is 8.59. The fraction of sp³-hybridized carbons (Fsp3) is 0.412. The van der Waals surface area contributed by atoms with Gasteiger partial charge in [-0.15, -0.1) is 11.3 Å². The van der Waals surface area contributed by atoms with Gasteiger partial charge in [0, 0.05) is 33.7 Å². The quantitative estimate of drug-likeness (QED) is 0.792. The maximum atomic E-state index is 11.0. The smallest absolute Gasteiger partial charge is 0.306 e. The molecule has 1 aliphatic rings. The van der Waals surface area contributed by atoms with Gasteiger partial charge in [-0.1, -0.05) is 28.1 Å². The first-order valence-corrected chi connectivity index (χ1v) is 9.39. The molecule has 6 heteroatoms. The van der Waals surface area contributed by atoms with E-state index in [1.165, 1.54) is 4.88 Å². The van der Waals surface area contributed by atoms with E-state index < -0.39 is 5.97 Å². The highest BCUT2D eigenvalue weighted by Gasteiger charge is 2.25. The highest BCUT2D eigenvalue weighted by molar-refractivity contribution is 9.10. The van der Waals surface area contributed by atoms with Crippen LogP contribution in [-0.2, 0) is 11.3 Å². The first-order valence-electron chi connectivity index (χ1n) is 7.78. The molecule has 3 rings (SSSR count). The Morgan fingerprint density at radius 2 is 1.96 bits per heavy atom. The van der Waals surface area contributed by atoms with Crippen LogP contribution in [0, 0.1) is 5.92 Å². The van der Waals surface area contributed by atoms with Crippen LogP contribution in [0.15, 0.2) is 34.9 Å². The molecule has 0 spiro atoms. The van der Waals surface area contributed by atoms with Gasteiger partial charge in [0.25, 0.3) is 0 Å². The molecule has 1 aromatic carbocycles. The Bertz CT molecular complexity index is 663. The van der Waals surface area contributed by atoms with Crippen molar-refractivity contribution in [2.75, 3.05) is 0 Å². The van der Waals surface area contributed by atoms with Crippen molar-refractivity contribution in [1.29, 1.82) is 0 Å². The summed E-state index contributed by atoms with van der Waals surface area (Å²) in [7, 11) is 0. The molecule has 0 aliphatic heterocycles. The molecule has 2 N–H and O–H groups in total. The Hall–Kier alpha value is -1.24. The van der Waals surface area contributed by atoms with Crippen molar-refractivity contribution in [3.8, 4) is 10.6 Å². The third kappa shape index (κ3) is 4.40. The van der Waals surface area contributed by atoms with Gasteiger partial charge in [-0.25, -0.2) is 4.98 Å². The van der Waals surface area contributed by atoms with E-state index in [9.17, 15) is 4.79 Å². The van der Waals surface area contributed by atoms with Crippen molar-refractivity contribution in [2.45, 2.75) is 38.3 Å². The minimum Gasteiger partial charge on any atom is -0.481 e. The van der Waals surface area contributed by atoms with Crippen LogP contribution in [-0.4, -0.2) is 22.1 Å². The number of nitrogens with zero attached hydrogens (tertiary/aromatic N) is 1. The first kappa shape index (κ1) is 16.6. The van der Waals surface area contributed by atoms with E-state index in [4.69, 9.17) is 5.11 Å². The van der Waals surface area contributed by atoms with Crippen LogP contribution in [0.1, 0.15) is 30.6 Å². The largest absolute Gasteiger partial charge is 0.481 e. The molecule has 23 heavy (non-hydrogen) atoms. The summed E-state index contributed by atoms with van der Waals surface area (Å²) < 4.78 is 1.07. The lowest BCUT2D eigenvalue weighted by Gasteiger charge is -2.26. The molecule has 1 saturated carbocycles. The average molecular weight is 395 g/mol. The Morgan fingerprint density at radius 1 is 1.26 bits per heavy atom. The number of halogens is 1. The SMILES string of the molecule is O=C(O)C1CCC(NCc2cnc(-c3ccc(Br)cc3)s2)CC1. The molecule has 0 atom stereocenters. The molecule has 1 heterocycles. The predicted octanol–water partition coefficient (Wildman–Crippen LogP) is 4.31. The lowest BCUT2D eigenvalue weighted by atomic mass is 9.86. The lowest BCUT2D eigenvalue weighted by molar-refractivity contribution is -0.142. The minimum atomic E-state index is -0.648. The summed E-state index contributed by atoms with van der Waals surface area (Å²) in [5, 5.41) is 13.6. The van der Waals surface area contributed by atoms with E-state index in [2.05, 4.69) is 38.4 Å². The van der Waals surface area contributed by atoms with Gasteiger partial charge in [-0.05, 0) is 37.8 Å². The summed E-state index contributed by atoms with van der Waals surface area (Å²) in [5.41, 5.74) is 1.13. The van der Waals surface area contributed by atoms with Gasteiger partial charge in [0.15, 0.2) is 0 Å². The topological polar surface area (TPSA) is 62.2 Å². The maximum absolute atomic E-state index is 11.0. The number of carboxylic acid groups (broad SMARTS) is 1. The molecular formula is C17H19BrN2O2S. The summed E-state index contributed by atoms with van der Waals surface area (Å²) in [5.74, 6) is -0.800. The van der Waals surface area contributed by atoms with E-state index in [-0.39, 0.29) is 5.92 Å². The van der Waals surface area contributed by atoms with Crippen LogP contribution >= 0.6 is 27.3 Å². The molecule has 0 amide bonds. The monoisotopic (exact) mass is 394 g/mol. The molecule has 0 bridgehead atoms. The highest BCUT2D eigenvalue weighted by atomic mass is 79.9. The van der Waals surface area contributed by atoms with Crippen molar-refractivity contribution in [3.63, 3.8) is 0 Å². The molecule has 1 aromatic heterocycles. The molecule has 2 aromatic rings. The zero-order valence-electron chi connectivity index (χ0n) is 12.7. The summed E-state index contributed by atoms with van der Waals surface area (Å²) in [6.45, 7) is 0.802. The van der Waals surface area contributed by atoms with Gasteiger partial charge in [0.1, 0.15) is 5.01 Å². The van der Waals surface area contributed by atoms with E-state index in [1.54, 1.807) is 11.3 Å². The Kier molecular flexibility index (Phi) is 5.46. The normalized spacial score (nSPS) is 21.3. The predicted molar refractivity (Wildman–Crippen MR) is 95.5 cm³/mol. The number of carboxylic acids is 1. The fourth-order valence-corrected chi connectivity index (χ4v) is 4.04. The van der Waals surface area contributed by atoms with Crippen molar-refractivity contribution < 1.29 is 9.90 Å². The number of thiazole rings is 1. The second-order valence-electron chi connectivity index (χ2n) is 5.91. The zero-order valence-corrected chi connectivity index (χ0v) is 15.1. The van der Waals surface area contributed by atoms with E-state index in [0.717, 1.165) is 47.3 Å². The summed E-state index contributed by atoms with van der Waals surface area (Å²) in [6.07, 6.45) is 5.36. The Morgan fingerprint density at radius 3 is 2.61 bits per heavy atom. The van der Waals surface area contributed by atoms with Gasteiger partial charge < -0.3 is 10.4 Å². The molecular weight excluding hydrogens is 376 g/mol. The third-order valence-corrected chi connectivity index (χ3v) is 5.86. The van der Waals surface area contributed by atoms with Gasteiger partial charge in [0.2, 0.25) is 0 Å². The van der Waals surface area contributed by atoms with Crippen molar-refractivity contribution >= 4 is 33.2 Å². The van der Waals surface area contributed by atoms with Gasteiger partial charge in [-0.2, -0.15) is 0 Å². The van der Waals surface area contributed by atoms with E-state index in [1.807, 2.05) is 18.3 Å². The van der Waals surface area contributed by atoms with Crippen LogP contribution in [0.5, 0.6) is 0 Å². The van der Waals surface area contributed by atoms with E-state index >= 15 is 0 Å². The molecule has 122 valence electrons. The van der Waals surface area contributed by atoms with Crippen LogP contribution in [0.3, 0.4) is 0 Å². The van der Waals surface area contributed by atoms with Crippen LogP contribution in [0.2, 0.25) is 0 Å². The number of aromatic nitrogens is 1. The highest BCUT2D eigenvalue weighted by Crippen LogP contribution is 2.28. The standard InChI is InChI=1S/C17H19BrN2O2S/c18-13-5-1-11(2-6-13)16-20-10-15(23-16)9-19-14-7-3-12(4-8-14)17(21)22/h1-2,5-6,10,12,14,19H,3-4,7-9H2,(H,21,22). The molecule has 0 unspecified atom stereocenters. The number of hydrogen-bond acceptors (Lipinski definition) is 4. The van der Waals surface area contributed by atoms with Gasteiger partial charge in [-0.3, -0.25) is 4.79 Å². The summed E-state index contributed by atoms with van der Waals surface area (Å²) in [4.78, 5) is 16.7. The molecule has 0 radical (unpaired) electrons. The molecule has 1 aliphatic carbocycles. The minimum absolute atomic E-state index is 0.152. The van der Waals surface area contributed by atoms with Crippen molar-refractivity contribution in [2.24, 2.45) is 5.92 Å². The number of rotatable bonds is 5. The Balaban J connectivity index is 1.52. The lowest BCUT2D eigenvalue weighted by Crippen LogP contribution is -2.34. The molecule has 0 saturated heterocycles. The van der Waals surface area contributed by atoms with Crippen molar-refractivity contribution in [1.82, 2.24) is 10.3 Å². The fourth-order valence-electron chi connectivity index (χ4n) is 2.90. The number of nitrogens with one attached hydrogen (secondary N) is 1. The van der Waals surface area contributed by atoms with Crippen LogP contribution in [0.4, 0.5) is 0 Å². The maximum Gasteiger partial charge on any atom is 0.306 e. The van der Waals surface area contributed by atoms with Crippen LogP contribution < -0.4 is 5.32 Å². The van der Waals surface area contributed by atoms with Crippen LogP contribution in [0.25, 0.3) is 10.6 Å². The summed E-state index contributed by atoms with van der Waals surface area (Å²) >= 11 is 5.14. The molecule has 1 fully saturated rings. The number of carbonyl (C=O) groups is 1. The molecule has 4 nitrogen and oxygen atoms in total. The second kappa shape index (κ2) is 7.55. The first-order chi connectivity index (χ1) is 11.1. The second-order valence-corrected chi connectivity index (χ2v) is 7.94.